The predicted octanol–water partition coefficient (Wildman–Crippen LogP) is 2.50. The molecule has 0 N–H and O–H groups in total. The van der Waals surface area contributed by atoms with Crippen molar-refractivity contribution < 1.29 is 30.8 Å². The molecule has 0 saturated carbocycles. The highest BCUT2D eigenvalue weighted by molar-refractivity contribution is 6.75. The van der Waals surface area contributed by atoms with Gasteiger partial charge in [0.2, 0.25) is 0 Å². The first-order chi connectivity index (χ1) is 9.43. The van der Waals surface area contributed by atoms with Crippen LogP contribution >= 0.6 is 0 Å². The molecule has 3 nitrogen and oxygen atoms in total. The monoisotopic (exact) mass is 312 g/mol. The second-order valence-electron chi connectivity index (χ2n) is 3.70. The molecule has 0 heterocycles. The summed E-state index contributed by atoms with van der Waals surface area (Å²) in [5.74, 6) is -6.85. The smallest absolute Gasteiger partial charge is 0.370 e. The molecule has 0 aliphatic rings. The summed E-state index contributed by atoms with van der Waals surface area (Å²) in [5.41, 5.74) is 0. The normalized spacial score (nSPS) is 11.9. The maximum atomic E-state index is 13.9. The lowest BCUT2D eigenvalue weighted by Crippen LogP contribution is -2.58. The van der Waals surface area contributed by atoms with Gasteiger partial charge in [0.25, 0.3) is 0 Å². The van der Waals surface area contributed by atoms with Crippen molar-refractivity contribution in [3.05, 3.63) is 29.3 Å². The van der Waals surface area contributed by atoms with Crippen LogP contribution in [0, 0.1) is 23.3 Å². The van der Waals surface area contributed by atoms with Crippen molar-refractivity contribution >= 4 is 14.0 Å². The van der Waals surface area contributed by atoms with E-state index in [0.717, 1.165) is 0 Å². The molecule has 0 aliphatic carbocycles. The van der Waals surface area contributed by atoms with Crippen LogP contribution in [0.2, 0.25) is 0 Å². The Morgan fingerprint density at radius 3 is 1.65 bits per heavy atom. The molecule has 1 aromatic carbocycles. The largest absolute Gasteiger partial charge is 0.540 e. The summed E-state index contributed by atoms with van der Waals surface area (Å²) in [6.07, 6.45) is 0. The Balaban J connectivity index is 3.46. The molecular weight excluding hydrogens is 296 g/mol. The van der Waals surface area contributed by atoms with Gasteiger partial charge in [0.1, 0.15) is 0 Å². The molecule has 1 aromatic rings. The number of rotatable bonds is 7. The van der Waals surface area contributed by atoms with Gasteiger partial charge >= 0.3 is 8.80 Å². The van der Waals surface area contributed by atoms with Gasteiger partial charge in [0.05, 0.1) is 5.19 Å². The highest BCUT2D eigenvalue weighted by atomic mass is 28.4. The Bertz CT molecular complexity index is 453. The lowest BCUT2D eigenvalue weighted by atomic mass is 10.3. The first-order valence-corrected chi connectivity index (χ1v) is 7.91. The Morgan fingerprint density at radius 2 is 1.25 bits per heavy atom. The maximum absolute atomic E-state index is 13.9. The zero-order valence-electron chi connectivity index (χ0n) is 11.4. The van der Waals surface area contributed by atoms with Crippen LogP contribution < -0.4 is 5.19 Å². The van der Waals surface area contributed by atoms with Crippen molar-refractivity contribution in [2.24, 2.45) is 0 Å². The molecule has 114 valence electrons. The van der Waals surface area contributed by atoms with E-state index in [9.17, 15) is 17.6 Å². The highest BCUT2D eigenvalue weighted by Gasteiger charge is 2.47. The van der Waals surface area contributed by atoms with Gasteiger partial charge in [-0.15, -0.1) is 0 Å². The molecule has 0 atom stereocenters. The first kappa shape index (κ1) is 17.1. The molecule has 0 spiro atoms. The van der Waals surface area contributed by atoms with Crippen LogP contribution in [-0.2, 0) is 13.3 Å². The van der Waals surface area contributed by atoms with Crippen LogP contribution in [0.4, 0.5) is 17.6 Å². The maximum Gasteiger partial charge on any atom is 0.540 e. The molecule has 0 aromatic heterocycles. The third-order valence-electron chi connectivity index (χ3n) is 2.44. The summed E-state index contributed by atoms with van der Waals surface area (Å²) < 4.78 is 69.6. The highest BCUT2D eigenvalue weighted by Crippen LogP contribution is 2.19. The van der Waals surface area contributed by atoms with E-state index in [1.54, 1.807) is 20.8 Å². The molecule has 0 bridgehead atoms. The van der Waals surface area contributed by atoms with Gasteiger partial charge < -0.3 is 13.3 Å². The molecule has 0 radical (unpaired) electrons. The van der Waals surface area contributed by atoms with E-state index in [-0.39, 0.29) is 19.8 Å². The fourth-order valence-corrected chi connectivity index (χ4v) is 4.26. The summed E-state index contributed by atoms with van der Waals surface area (Å²) in [6, 6.07) is 0.529. The topological polar surface area (TPSA) is 27.7 Å². The zero-order valence-corrected chi connectivity index (χ0v) is 12.4. The Labute approximate surface area is 115 Å². The van der Waals surface area contributed by atoms with Crippen molar-refractivity contribution in [1.82, 2.24) is 0 Å². The zero-order chi connectivity index (χ0) is 15.3. The fourth-order valence-electron chi connectivity index (χ4n) is 1.72. The molecule has 20 heavy (non-hydrogen) atoms. The lowest BCUT2D eigenvalue weighted by Gasteiger charge is -2.28. The van der Waals surface area contributed by atoms with Crippen molar-refractivity contribution in [2.75, 3.05) is 19.8 Å². The van der Waals surface area contributed by atoms with Gasteiger partial charge in [-0.25, -0.2) is 17.6 Å². The lowest BCUT2D eigenvalue weighted by molar-refractivity contribution is 0.0848. The van der Waals surface area contributed by atoms with E-state index in [1.165, 1.54) is 0 Å². The Hall–Kier alpha value is -0.963. The molecule has 0 fully saturated rings. The molecule has 0 amide bonds. The molecule has 0 unspecified atom stereocenters. The number of hydrogen-bond acceptors (Lipinski definition) is 3. The van der Waals surface area contributed by atoms with Crippen LogP contribution in [0.15, 0.2) is 6.07 Å². The summed E-state index contributed by atoms with van der Waals surface area (Å²) in [7, 11) is -3.82. The van der Waals surface area contributed by atoms with Gasteiger partial charge in [-0.05, 0) is 26.8 Å². The van der Waals surface area contributed by atoms with Crippen LogP contribution in [0.3, 0.4) is 0 Å². The second kappa shape index (κ2) is 7.16. The third-order valence-corrected chi connectivity index (χ3v) is 5.47. The van der Waals surface area contributed by atoms with Crippen molar-refractivity contribution in [1.29, 1.82) is 0 Å². The molecule has 8 heteroatoms. The van der Waals surface area contributed by atoms with Gasteiger partial charge in [0, 0.05) is 19.8 Å². The summed E-state index contributed by atoms with van der Waals surface area (Å²) in [4.78, 5) is 0. The summed E-state index contributed by atoms with van der Waals surface area (Å²) >= 11 is 0. The Morgan fingerprint density at radius 1 is 0.800 bits per heavy atom. The number of hydrogen-bond donors (Lipinski definition) is 0. The van der Waals surface area contributed by atoms with Crippen LogP contribution in [-0.4, -0.2) is 28.6 Å². The first-order valence-electron chi connectivity index (χ1n) is 6.18. The van der Waals surface area contributed by atoms with Gasteiger partial charge in [-0.1, -0.05) is 0 Å². The van der Waals surface area contributed by atoms with Crippen molar-refractivity contribution in [2.45, 2.75) is 20.8 Å². The summed E-state index contributed by atoms with van der Waals surface area (Å²) in [6.45, 7) is 5.08. The van der Waals surface area contributed by atoms with E-state index >= 15 is 0 Å². The van der Waals surface area contributed by atoms with E-state index < -0.39 is 37.3 Å². The molecule has 0 aliphatic heterocycles. The average Bonchev–Trinajstić information content (AvgIpc) is 2.41. The molecule has 0 saturated heterocycles. The van der Waals surface area contributed by atoms with Crippen LogP contribution in [0.1, 0.15) is 20.8 Å². The fraction of sp³-hybridized carbons (Fsp3) is 0.500. The SMILES string of the molecule is CCO[Si](OCC)(OCC)c1cc(F)c(F)c(F)c1F. The standard InChI is InChI=1S/C12H16F4O3Si/c1-4-17-20(18-5-2,19-6-3)9-7-8(13)10(14)12(16)11(9)15/h7H,4-6H2,1-3H3. The average molecular weight is 312 g/mol. The number of halogens is 4. The minimum absolute atomic E-state index is 0.0896. The van der Waals surface area contributed by atoms with Crippen LogP contribution in [0.5, 0.6) is 0 Å². The van der Waals surface area contributed by atoms with Crippen LogP contribution in [0.25, 0.3) is 0 Å². The third kappa shape index (κ3) is 3.19. The molecular formula is C12H16F4O3Si. The Kier molecular flexibility index (Phi) is 6.12. The van der Waals surface area contributed by atoms with E-state index in [4.69, 9.17) is 13.3 Å². The van der Waals surface area contributed by atoms with E-state index in [1.807, 2.05) is 0 Å². The van der Waals surface area contributed by atoms with Gasteiger partial charge in [0.15, 0.2) is 23.3 Å². The minimum atomic E-state index is -3.82. The van der Waals surface area contributed by atoms with Crippen molar-refractivity contribution in [3.8, 4) is 0 Å². The quantitative estimate of drug-likeness (QED) is 0.335. The van der Waals surface area contributed by atoms with E-state index in [0.29, 0.717) is 6.07 Å². The predicted molar refractivity (Wildman–Crippen MR) is 66.5 cm³/mol. The van der Waals surface area contributed by atoms with Gasteiger partial charge in [-0.3, -0.25) is 0 Å². The second-order valence-corrected chi connectivity index (χ2v) is 6.22. The minimum Gasteiger partial charge on any atom is -0.370 e. The molecule has 1 rings (SSSR count). The van der Waals surface area contributed by atoms with E-state index in [2.05, 4.69) is 0 Å². The van der Waals surface area contributed by atoms with Gasteiger partial charge in [-0.2, -0.15) is 0 Å². The van der Waals surface area contributed by atoms with Crippen molar-refractivity contribution in [3.63, 3.8) is 0 Å². The summed E-state index contributed by atoms with van der Waals surface area (Å²) in [5, 5.41) is -0.542. The number of benzene rings is 1.